The molecular weight excluding hydrogens is 302 g/mol. The molecule has 6 heteroatoms. The lowest BCUT2D eigenvalue weighted by Gasteiger charge is -2.08. The van der Waals surface area contributed by atoms with Crippen molar-refractivity contribution >= 4 is 28.0 Å². The molecule has 0 radical (unpaired) electrons. The van der Waals surface area contributed by atoms with E-state index in [-0.39, 0.29) is 0 Å². The van der Waals surface area contributed by atoms with Crippen LogP contribution in [0.1, 0.15) is 11.1 Å². The number of aromatic nitrogens is 4. The highest BCUT2D eigenvalue weighted by Crippen LogP contribution is 2.24. The van der Waals surface area contributed by atoms with E-state index >= 15 is 0 Å². The summed E-state index contributed by atoms with van der Waals surface area (Å²) < 4.78 is 5.35. The summed E-state index contributed by atoms with van der Waals surface area (Å²) in [5.41, 5.74) is 4.75. The maximum atomic E-state index is 5.35. The molecule has 0 atom stereocenters. The zero-order valence-electron chi connectivity index (χ0n) is 13.5. The number of aryl methyl sites for hydroxylation is 1. The largest absolute Gasteiger partial charge is 0.496 e. The van der Waals surface area contributed by atoms with Gasteiger partial charge in [-0.25, -0.2) is 0 Å². The molecular formula is C18H17N5O. The number of nitrogens with zero attached hydrogens (tertiary/aromatic N) is 3. The molecule has 0 aliphatic heterocycles. The SMILES string of the molecule is COc1ccccc1CNc1nnc2c(n1)[nH]c1ccc(C)cc12. The summed E-state index contributed by atoms with van der Waals surface area (Å²) in [5.74, 6) is 1.32. The van der Waals surface area contributed by atoms with Gasteiger partial charge in [-0.15, -0.1) is 10.2 Å². The molecule has 0 fully saturated rings. The van der Waals surface area contributed by atoms with Gasteiger partial charge in [0.1, 0.15) is 11.3 Å². The molecule has 0 aliphatic rings. The average Bonchev–Trinajstić information content (AvgIpc) is 2.97. The topological polar surface area (TPSA) is 75.7 Å². The van der Waals surface area contributed by atoms with Crippen LogP contribution in [0, 0.1) is 6.92 Å². The predicted octanol–water partition coefficient (Wildman–Crippen LogP) is 3.44. The Bertz CT molecular complexity index is 1020. The van der Waals surface area contributed by atoms with Gasteiger partial charge >= 0.3 is 0 Å². The van der Waals surface area contributed by atoms with Crippen molar-refractivity contribution in [1.82, 2.24) is 20.2 Å². The lowest BCUT2D eigenvalue weighted by Crippen LogP contribution is -2.05. The number of methoxy groups -OCH3 is 1. The van der Waals surface area contributed by atoms with Crippen molar-refractivity contribution in [2.24, 2.45) is 0 Å². The Balaban J connectivity index is 1.64. The molecule has 0 saturated heterocycles. The van der Waals surface area contributed by atoms with E-state index in [0.717, 1.165) is 33.4 Å². The van der Waals surface area contributed by atoms with E-state index in [2.05, 4.69) is 44.5 Å². The molecule has 0 bridgehead atoms. The summed E-state index contributed by atoms with van der Waals surface area (Å²) in [6, 6.07) is 14.0. The Labute approximate surface area is 138 Å². The number of ether oxygens (including phenoxy) is 1. The molecule has 4 rings (SSSR count). The van der Waals surface area contributed by atoms with Gasteiger partial charge in [0.15, 0.2) is 5.65 Å². The molecule has 2 aromatic heterocycles. The highest BCUT2D eigenvalue weighted by molar-refractivity contribution is 6.03. The second-order valence-electron chi connectivity index (χ2n) is 5.67. The Hall–Kier alpha value is -3.15. The second kappa shape index (κ2) is 5.81. The third kappa shape index (κ3) is 2.52. The van der Waals surface area contributed by atoms with Crippen LogP contribution in [0.5, 0.6) is 5.75 Å². The molecule has 0 saturated carbocycles. The van der Waals surface area contributed by atoms with Crippen molar-refractivity contribution in [3.05, 3.63) is 53.6 Å². The Kier molecular flexibility index (Phi) is 3.49. The van der Waals surface area contributed by atoms with Gasteiger partial charge < -0.3 is 15.0 Å². The molecule has 0 aliphatic carbocycles. The van der Waals surface area contributed by atoms with E-state index in [9.17, 15) is 0 Å². The molecule has 2 aromatic carbocycles. The minimum Gasteiger partial charge on any atom is -0.496 e. The molecule has 24 heavy (non-hydrogen) atoms. The number of H-pyrrole nitrogens is 1. The van der Waals surface area contributed by atoms with Gasteiger partial charge in [-0.2, -0.15) is 4.98 Å². The van der Waals surface area contributed by atoms with Crippen LogP contribution in [-0.4, -0.2) is 27.3 Å². The van der Waals surface area contributed by atoms with E-state index in [1.807, 2.05) is 30.3 Å². The summed E-state index contributed by atoms with van der Waals surface area (Å²) in [4.78, 5) is 7.82. The lowest BCUT2D eigenvalue weighted by atomic mass is 10.2. The third-order valence-corrected chi connectivity index (χ3v) is 4.00. The highest BCUT2D eigenvalue weighted by Gasteiger charge is 2.09. The Morgan fingerprint density at radius 1 is 1.12 bits per heavy atom. The average molecular weight is 319 g/mol. The van der Waals surface area contributed by atoms with Gasteiger partial charge in [-0.1, -0.05) is 29.8 Å². The van der Waals surface area contributed by atoms with E-state index in [0.29, 0.717) is 12.5 Å². The number of hydrogen-bond acceptors (Lipinski definition) is 5. The second-order valence-corrected chi connectivity index (χ2v) is 5.67. The number of para-hydroxylation sites is 1. The number of benzene rings is 2. The smallest absolute Gasteiger partial charge is 0.245 e. The Morgan fingerprint density at radius 3 is 2.88 bits per heavy atom. The van der Waals surface area contributed by atoms with E-state index in [1.165, 1.54) is 5.56 Å². The summed E-state index contributed by atoms with van der Waals surface area (Å²) in [5, 5.41) is 12.8. The predicted molar refractivity (Wildman–Crippen MR) is 94.2 cm³/mol. The van der Waals surface area contributed by atoms with Gasteiger partial charge in [0.05, 0.1) is 7.11 Å². The molecule has 120 valence electrons. The number of anilines is 1. The fourth-order valence-electron chi connectivity index (χ4n) is 2.78. The number of nitrogens with one attached hydrogen (secondary N) is 2. The first-order chi connectivity index (χ1) is 11.7. The summed E-state index contributed by atoms with van der Waals surface area (Å²) in [6.07, 6.45) is 0. The van der Waals surface area contributed by atoms with Crippen molar-refractivity contribution in [2.45, 2.75) is 13.5 Å². The summed E-state index contributed by atoms with van der Waals surface area (Å²) in [6.45, 7) is 2.62. The van der Waals surface area contributed by atoms with Crippen molar-refractivity contribution in [3.63, 3.8) is 0 Å². The number of fused-ring (bicyclic) bond motifs is 3. The van der Waals surface area contributed by atoms with E-state index < -0.39 is 0 Å². The van der Waals surface area contributed by atoms with Gasteiger partial charge in [0.25, 0.3) is 0 Å². The number of hydrogen-bond donors (Lipinski definition) is 2. The van der Waals surface area contributed by atoms with Crippen LogP contribution >= 0.6 is 0 Å². The van der Waals surface area contributed by atoms with Gasteiger partial charge in [0.2, 0.25) is 5.95 Å². The minimum atomic E-state index is 0.483. The zero-order chi connectivity index (χ0) is 16.5. The first-order valence-corrected chi connectivity index (χ1v) is 7.73. The van der Waals surface area contributed by atoms with Crippen molar-refractivity contribution in [3.8, 4) is 5.75 Å². The Morgan fingerprint density at radius 2 is 2.00 bits per heavy atom. The molecule has 6 nitrogen and oxygen atoms in total. The summed E-state index contributed by atoms with van der Waals surface area (Å²) >= 11 is 0. The van der Waals surface area contributed by atoms with Crippen LogP contribution in [-0.2, 0) is 6.54 Å². The molecule has 0 amide bonds. The van der Waals surface area contributed by atoms with Crippen molar-refractivity contribution in [2.75, 3.05) is 12.4 Å². The number of aromatic amines is 1. The fraction of sp³-hybridized carbons (Fsp3) is 0.167. The fourth-order valence-corrected chi connectivity index (χ4v) is 2.78. The highest BCUT2D eigenvalue weighted by atomic mass is 16.5. The number of rotatable bonds is 4. The molecule has 2 heterocycles. The van der Waals surface area contributed by atoms with Gasteiger partial charge in [-0.05, 0) is 25.1 Å². The van der Waals surface area contributed by atoms with Gasteiger partial charge in [0, 0.05) is 23.0 Å². The van der Waals surface area contributed by atoms with Gasteiger partial charge in [-0.3, -0.25) is 0 Å². The van der Waals surface area contributed by atoms with Crippen LogP contribution < -0.4 is 10.1 Å². The van der Waals surface area contributed by atoms with Crippen molar-refractivity contribution < 1.29 is 4.74 Å². The summed E-state index contributed by atoms with van der Waals surface area (Å²) in [7, 11) is 1.66. The molecule has 2 N–H and O–H groups in total. The van der Waals surface area contributed by atoms with Crippen LogP contribution in [0.4, 0.5) is 5.95 Å². The normalized spacial score (nSPS) is 11.1. The molecule has 4 aromatic rings. The first-order valence-electron chi connectivity index (χ1n) is 7.73. The third-order valence-electron chi connectivity index (χ3n) is 4.00. The monoisotopic (exact) mass is 319 g/mol. The lowest BCUT2D eigenvalue weighted by molar-refractivity contribution is 0.410. The zero-order valence-corrected chi connectivity index (χ0v) is 13.5. The first kappa shape index (κ1) is 14.4. The van der Waals surface area contributed by atoms with Crippen LogP contribution in [0.25, 0.3) is 22.1 Å². The minimum absolute atomic E-state index is 0.483. The van der Waals surface area contributed by atoms with Crippen LogP contribution in [0.2, 0.25) is 0 Å². The molecule has 0 unspecified atom stereocenters. The van der Waals surface area contributed by atoms with E-state index in [1.54, 1.807) is 7.11 Å². The van der Waals surface area contributed by atoms with Crippen LogP contribution in [0.3, 0.4) is 0 Å². The quantitative estimate of drug-likeness (QED) is 0.602. The maximum Gasteiger partial charge on any atom is 0.245 e. The standard InChI is InChI=1S/C18H17N5O/c1-11-7-8-14-13(9-11)16-17(20-14)21-18(23-22-16)19-10-12-5-3-4-6-15(12)24-2/h3-9H,10H2,1-2H3,(H2,19,20,21,23). The molecule has 0 spiro atoms. The van der Waals surface area contributed by atoms with Crippen molar-refractivity contribution in [1.29, 1.82) is 0 Å². The van der Waals surface area contributed by atoms with Crippen LogP contribution in [0.15, 0.2) is 42.5 Å². The maximum absolute atomic E-state index is 5.35. The van der Waals surface area contributed by atoms with E-state index in [4.69, 9.17) is 4.74 Å².